The van der Waals surface area contributed by atoms with Gasteiger partial charge in [0.15, 0.2) is 0 Å². The third kappa shape index (κ3) is 3.54. The smallest absolute Gasteiger partial charge is 0.250 e. The first-order valence-corrected chi connectivity index (χ1v) is 8.46. The maximum atomic E-state index is 12.1. The van der Waals surface area contributed by atoms with Gasteiger partial charge in [-0.2, -0.15) is 5.26 Å². The van der Waals surface area contributed by atoms with Crippen molar-refractivity contribution in [1.29, 1.82) is 5.26 Å². The quantitative estimate of drug-likeness (QED) is 0.877. The minimum absolute atomic E-state index is 0.0410. The molecule has 104 valence electrons. The summed E-state index contributed by atoms with van der Waals surface area (Å²) in [6, 6.07) is 4.96. The summed E-state index contributed by atoms with van der Waals surface area (Å²) in [6.07, 6.45) is 2.08. The molecule has 1 aromatic heterocycles. The van der Waals surface area contributed by atoms with Gasteiger partial charge in [0.2, 0.25) is 10.0 Å². The molecule has 1 unspecified atom stereocenters. The largest absolute Gasteiger partial charge is 0.316 e. The van der Waals surface area contributed by atoms with Gasteiger partial charge in [-0.1, -0.05) is 6.92 Å². The molecule has 2 N–H and O–H groups in total. The highest BCUT2D eigenvalue weighted by Gasteiger charge is 2.29. The molecular weight excluding hydrogens is 282 g/mol. The fourth-order valence-electron chi connectivity index (χ4n) is 2.13. The number of hydrogen-bond acceptors (Lipinski definition) is 5. The van der Waals surface area contributed by atoms with E-state index in [0.29, 0.717) is 11.4 Å². The van der Waals surface area contributed by atoms with E-state index in [9.17, 15) is 8.42 Å². The fourth-order valence-corrected chi connectivity index (χ4v) is 4.48. The van der Waals surface area contributed by atoms with Gasteiger partial charge < -0.3 is 5.32 Å². The summed E-state index contributed by atoms with van der Waals surface area (Å²) in [6.45, 7) is 4.32. The predicted octanol–water partition coefficient (Wildman–Crippen LogP) is 1.29. The molecule has 1 atom stereocenters. The molecule has 0 spiro atoms. The minimum Gasteiger partial charge on any atom is -0.316 e. The summed E-state index contributed by atoms with van der Waals surface area (Å²) in [5.74, 6) is 0. The Balaban J connectivity index is 2.03. The normalized spacial score (nSPS) is 24.0. The standard InChI is InChI=1S/C12H17N3O2S2/c1-12(5-2-6-14-8-12)9-15-19(16,17)11-4-3-10(7-13)18-11/h3-4,14-15H,2,5-6,8-9H2,1H3. The van der Waals surface area contributed by atoms with E-state index in [0.717, 1.165) is 37.3 Å². The lowest BCUT2D eigenvalue weighted by molar-refractivity contribution is 0.238. The molecule has 0 aliphatic carbocycles. The van der Waals surface area contributed by atoms with Crippen LogP contribution in [0, 0.1) is 16.7 Å². The highest BCUT2D eigenvalue weighted by atomic mass is 32.2. The number of nitrogens with zero attached hydrogens (tertiary/aromatic N) is 1. The van der Waals surface area contributed by atoms with Gasteiger partial charge in [0.25, 0.3) is 0 Å². The first-order valence-electron chi connectivity index (χ1n) is 6.16. The summed E-state index contributed by atoms with van der Waals surface area (Å²) in [5, 5.41) is 12.0. The number of sulfonamides is 1. The lowest BCUT2D eigenvalue weighted by Crippen LogP contribution is -2.45. The van der Waals surface area contributed by atoms with Crippen molar-refractivity contribution < 1.29 is 8.42 Å². The van der Waals surface area contributed by atoms with Crippen LogP contribution in [-0.2, 0) is 10.0 Å². The van der Waals surface area contributed by atoms with E-state index in [-0.39, 0.29) is 9.62 Å². The second kappa shape index (κ2) is 5.59. The number of rotatable bonds is 4. The second-order valence-corrected chi connectivity index (χ2v) is 8.22. The molecule has 1 aliphatic rings. The molecule has 0 radical (unpaired) electrons. The van der Waals surface area contributed by atoms with Crippen LogP contribution in [-0.4, -0.2) is 28.1 Å². The number of thiophene rings is 1. The summed E-state index contributed by atoms with van der Waals surface area (Å²) < 4.78 is 27.1. The SMILES string of the molecule is CC1(CNS(=O)(=O)c2ccc(C#N)s2)CCCNC1. The summed E-state index contributed by atoms with van der Waals surface area (Å²) >= 11 is 0.998. The first-order chi connectivity index (χ1) is 8.95. The Morgan fingerprint density at radius 2 is 2.37 bits per heavy atom. The molecule has 1 saturated heterocycles. The molecule has 2 rings (SSSR count). The van der Waals surface area contributed by atoms with Crippen LogP contribution in [0.3, 0.4) is 0 Å². The van der Waals surface area contributed by atoms with Gasteiger partial charge in [0.1, 0.15) is 15.2 Å². The molecule has 2 heterocycles. The highest BCUT2D eigenvalue weighted by Crippen LogP contribution is 2.26. The van der Waals surface area contributed by atoms with Crippen molar-refractivity contribution in [3.05, 3.63) is 17.0 Å². The van der Waals surface area contributed by atoms with Crippen LogP contribution < -0.4 is 10.0 Å². The van der Waals surface area contributed by atoms with E-state index in [1.54, 1.807) is 0 Å². The van der Waals surface area contributed by atoms with Crippen molar-refractivity contribution in [2.24, 2.45) is 5.41 Å². The van der Waals surface area contributed by atoms with Crippen LogP contribution in [0.2, 0.25) is 0 Å². The monoisotopic (exact) mass is 299 g/mol. The maximum absolute atomic E-state index is 12.1. The molecule has 1 aliphatic heterocycles. The van der Waals surface area contributed by atoms with Crippen molar-refractivity contribution in [2.45, 2.75) is 24.0 Å². The van der Waals surface area contributed by atoms with E-state index in [1.807, 2.05) is 6.07 Å². The lowest BCUT2D eigenvalue weighted by atomic mass is 9.83. The van der Waals surface area contributed by atoms with Gasteiger partial charge in [-0.05, 0) is 36.9 Å². The molecule has 19 heavy (non-hydrogen) atoms. The molecule has 0 amide bonds. The van der Waals surface area contributed by atoms with Crippen LogP contribution in [0.1, 0.15) is 24.6 Å². The zero-order valence-corrected chi connectivity index (χ0v) is 12.4. The molecule has 0 aromatic carbocycles. The van der Waals surface area contributed by atoms with Crippen LogP contribution in [0.5, 0.6) is 0 Å². The van der Waals surface area contributed by atoms with Crippen LogP contribution in [0.15, 0.2) is 16.3 Å². The summed E-state index contributed by atoms with van der Waals surface area (Å²) in [5.41, 5.74) is -0.0410. The maximum Gasteiger partial charge on any atom is 0.250 e. The van der Waals surface area contributed by atoms with Crippen LogP contribution in [0.4, 0.5) is 0 Å². The van der Waals surface area contributed by atoms with E-state index >= 15 is 0 Å². The van der Waals surface area contributed by atoms with E-state index in [4.69, 9.17) is 5.26 Å². The van der Waals surface area contributed by atoms with Crippen LogP contribution >= 0.6 is 11.3 Å². The van der Waals surface area contributed by atoms with Gasteiger partial charge in [0.05, 0.1) is 0 Å². The minimum atomic E-state index is -3.50. The van der Waals surface area contributed by atoms with Gasteiger partial charge in [-0.15, -0.1) is 11.3 Å². The van der Waals surface area contributed by atoms with Gasteiger partial charge in [-0.3, -0.25) is 0 Å². The zero-order valence-electron chi connectivity index (χ0n) is 10.8. The van der Waals surface area contributed by atoms with E-state index < -0.39 is 10.0 Å². The fraction of sp³-hybridized carbons (Fsp3) is 0.583. The third-order valence-corrected chi connectivity index (χ3v) is 6.21. The topological polar surface area (TPSA) is 82.0 Å². The molecule has 5 nitrogen and oxygen atoms in total. The lowest BCUT2D eigenvalue weighted by Gasteiger charge is -2.34. The second-order valence-electron chi connectivity index (χ2n) is 5.15. The highest BCUT2D eigenvalue weighted by molar-refractivity contribution is 7.91. The van der Waals surface area contributed by atoms with Crippen molar-refractivity contribution in [3.63, 3.8) is 0 Å². The number of hydrogen-bond donors (Lipinski definition) is 2. The average molecular weight is 299 g/mol. The Kier molecular flexibility index (Phi) is 4.26. The number of nitrogens with one attached hydrogen (secondary N) is 2. The molecule has 7 heteroatoms. The van der Waals surface area contributed by atoms with Crippen molar-refractivity contribution in [1.82, 2.24) is 10.0 Å². The van der Waals surface area contributed by atoms with Crippen molar-refractivity contribution in [2.75, 3.05) is 19.6 Å². The molecule has 0 bridgehead atoms. The van der Waals surface area contributed by atoms with Gasteiger partial charge >= 0.3 is 0 Å². The Morgan fingerprint density at radius 1 is 1.58 bits per heavy atom. The van der Waals surface area contributed by atoms with Crippen molar-refractivity contribution >= 4 is 21.4 Å². The summed E-state index contributed by atoms with van der Waals surface area (Å²) in [4.78, 5) is 0.408. The Hall–Kier alpha value is -0.940. The van der Waals surface area contributed by atoms with E-state index in [1.165, 1.54) is 12.1 Å². The average Bonchev–Trinajstić information content (AvgIpc) is 2.87. The first kappa shape index (κ1) is 14.5. The predicted molar refractivity (Wildman–Crippen MR) is 74.4 cm³/mol. The number of nitriles is 1. The van der Waals surface area contributed by atoms with Crippen LogP contribution in [0.25, 0.3) is 0 Å². The Morgan fingerprint density at radius 3 is 2.95 bits per heavy atom. The number of piperidine rings is 1. The Bertz CT molecular complexity index is 580. The summed E-state index contributed by atoms with van der Waals surface area (Å²) in [7, 11) is -3.50. The molecular formula is C12H17N3O2S2. The van der Waals surface area contributed by atoms with Gasteiger partial charge in [-0.25, -0.2) is 13.1 Å². The third-order valence-electron chi connectivity index (χ3n) is 3.33. The molecule has 1 aromatic rings. The van der Waals surface area contributed by atoms with E-state index in [2.05, 4.69) is 17.0 Å². The zero-order chi connectivity index (χ0) is 13.9. The molecule has 0 saturated carbocycles. The van der Waals surface area contributed by atoms with Gasteiger partial charge in [0, 0.05) is 13.1 Å². The molecule has 1 fully saturated rings. The van der Waals surface area contributed by atoms with Crippen molar-refractivity contribution in [3.8, 4) is 6.07 Å². The Labute approximate surface area is 117 Å².